The minimum absolute atomic E-state index is 0.171. The van der Waals surface area contributed by atoms with Crippen LogP contribution in [0.3, 0.4) is 0 Å². The van der Waals surface area contributed by atoms with Crippen molar-refractivity contribution in [3.8, 4) is 0 Å². The van der Waals surface area contributed by atoms with Crippen LogP contribution in [0, 0.1) is 6.92 Å². The molecule has 1 aromatic heterocycles. The van der Waals surface area contributed by atoms with E-state index in [-0.39, 0.29) is 5.78 Å². The number of hydrogen-bond donors (Lipinski definition) is 0. The zero-order valence-electron chi connectivity index (χ0n) is 15.6. The number of aryl methyl sites for hydroxylation is 2. The average molecular weight is 351 g/mol. The van der Waals surface area contributed by atoms with Crippen LogP contribution in [0.25, 0.3) is 27.9 Å². The summed E-state index contributed by atoms with van der Waals surface area (Å²) in [6.45, 7) is 5.16. The predicted octanol–water partition coefficient (Wildman–Crippen LogP) is 5.95. The number of ketones is 1. The molecule has 0 atom stereocenters. The summed E-state index contributed by atoms with van der Waals surface area (Å²) >= 11 is 0. The third kappa shape index (κ3) is 2.44. The van der Waals surface area contributed by atoms with Crippen molar-refractivity contribution in [1.29, 1.82) is 0 Å². The molecule has 0 spiro atoms. The number of Topliss-reactive ketones (excluding diaryl/α,β-unsaturated/α-hetero) is 1. The SMILES string of the molecule is CCn1c2ccccc2c2cc(/C=C3/Cc4ccc(C)cc4C3=O)ccc21. The lowest BCUT2D eigenvalue weighted by Crippen LogP contribution is -1.96. The van der Waals surface area contributed by atoms with Crippen LogP contribution >= 0.6 is 0 Å². The van der Waals surface area contributed by atoms with Crippen LogP contribution in [0.2, 0.25) is 0 Å². The highest BCUT2D eigenvalue weighted by atomic mass is 16.1. The molecule has 0 bridgehead atoms. The fraction of sp³-hybridized carbons (Fsp3) is 0.160. The molecule has 132 valence electrons. The summed E-state index contributed by atoms with van der Waals surface area (Å²) in [6.07, 6.45) is 2.79. The van der Waals surface area contributed by atoms with Crippen molar-refractivity contribution >= 4 is 33.7 Å². The lowest BCUT2D eigenvalue weighted by atomic mass is 10.0. The Labute approximate surface area is 158 Å². The molecule has 5 rings (SSSR count). The van der Waals surface area contributed by atoms with Gasteiger partial charge >= 0.3 is 0 Å². The highest BCUT2D eigenvalue weighted by molar-refractivity contribution is 6.16. The molecule has 1 aliphatic carbocycles. The van der Waals surface area contributed by atoms with Gasteiger partial charge in [-0.05, 0) is 55.3 Å². The fourth-order valence-corrected chi connectivity index (χ4v) is 4.33. The molecule has 27 heavy (non-hydrogen) atoms. The molecule has 4 aromatic rings. The second-order valence-corrected chi connectivity index (χ2v) is 7.37. The molecule has 1 heterocycles. The van der Waals surface area contributed by atoms with Crippen LogP contribution in [0.1, 0.15) is 34.0 Å². The van der Waals surface area contributed by atoms with E-state index in [1.807, 2.05) is 13.0 Å². The third-order valence-electron chi connectivity index (χ3n) is 5.64. The van der Waals surface area contributed by atoms with E-state index in [4.69, 9.17) is 0 Å². The number of carbonyl (C=O) groups is 1. The van der Waals surface area contributed by atoms with Gasteiger partial charge in [-0.25, -0.2) is 0 Å². The molecule has 0 saturated heterocycles. The maximum Gasteiger partial charge on any atom is 0.189 e. The molecule has 1 aliphatic rings. The standard InChI is InChI=1S/C25H21NO/c1-3-26-23-7-5-4-6-20(23)22-14-17(9-11-24(22)26)13-19-15-18-10-8-16(2)12-21(18)25(19)27/h4-14H,3,15H2,1-2H3/b19-13-. The Kier molecular flexibility index (Phi) is 3.54. The highest BCUT2D eigenvalue weighted by Crippen LogP contribution is 2.32. The molecule has 0 aliphatic heterocycles. The highest BCUT2D eigenvalue weighted by Gasteiger charge is 2.24. The summed E-state index contributed by atoms with van der Waals surface area (Å²) in [5, 5.41) is 2.52. The summed E-state index contributed by atoms with van der Waals surface area (Å²) in [4.78, 5) is 12.8. The number of benzene rings is 3. The summed E-state index contributed by atoms with van der Waals surface area (Å²) in [5.41, 5.74) is 7.63. The van der Waals surface area contributed by atoms with Crippen molar-refractivity contribution in [3.63, 3.8) is 0 Å². The first-order valence-electron chi connectivity index (χ1n) is 9.51. The molecule has 2 nitrogen and oxygen atoms in total. The van der Waals surface area contributed by atoms with Crippen LogP contribution in [0.4, 0.5) is 0 Å². The Hall–Kier alpha value is -3.13. The number of fused-ring (bicyclic) bond motifs is 4. The van der Waals surface area contributed by atoms with E-state index in [0.717, 1.165) is 40.8 Å². The van der Waals surface area contributed by atoms with Crippen molar-refractivity contribution in [1.82, 2.24) is 4.57 Å². The van der Waals surface area contributed by atoms with Gasteiger partial charge in [0.2, 0.25) is 0 Å². The number of hydrogen-bond acceptors (Lipinski definition) is 1. The first-order chi connectivity index (χ1) is 13.2. The molecule has 0 fully saturated rings. The van der Waals surface area contributed by atoms with Gasteiger partial charge in [0.1, 0.15) is 0 Å². The Morgan fingerprint density at radius 3 is 2.63 bits per heavy atom. The fourth-order valence-electron chi connectivity index (χ4n) is 4.33. The number of rotatable bonds is 2. The molecule has 0 unspecified atom stereocenters. The van der Waals surface area contributed by atoms with Crippen molar-refractivity contribution in [3.05, 3.63) is 88.5 Å². The van der Waals surface area contributed by atoms with Gasteiger partial charge < -0.3 is 4.57 Å². The zero-order valence-corrected chi connectivity index (χ0v) is 15.6. The number of allylic oxidation sites excluding steroid dienone is 1. The van der Waals surface area contributed by atoms with E-state index >= 15 is 0 Å². The molecular formula is C25H21NO. The van der Waals surface area contributed by atoms with Gasteiger partial charge in [0.15, 0.2) is 5.78 Å². The molecule has 0 amide bonds. The van der Waals surface area contributed by atoms with E-state index in [1.54, 1.807) is 0 Å². The largest absolute Gasteiger partial charge is 0.341 e. The van der Waals surface area contributed by atoms with Crippen molar-refractivity contribution < 1.29 is 4.79 Å². The number of para-hydroxylation sites is 1. The van der Waals surface area contributed by atoms with Crippen LogP contribution in [-0.4, -0.2) is 10.4 Å². The maximum absolute atomic E-state index is 12.8. The van der Waals surface area contributed by atoms with E-state index in [9.17, 15) is 4.79 Å². The van der Waals surface area contributed by atoms with Crippen molar-refractivity contribution in [2.24, 2.45) is 0 Å². The lowest BCUT2D eigenvalue weighted by Gasteiger charge is -2.03. The van der Waals surface area contributed by atoms with Gasteiger partial charge in [0, 0.05) is 45.9 Å². The first-order valence-corrected chi connectivity index (χ1v) is 9.51. The van der Waals surface area contributed by atoms with Crippen LogP contribution < -0.4 is 0 Å². The topological polar surface area (TPSA) is 22.0 Å². The molecule has 0 N–H and O–H groups in total. The Morgan fingerprint density at radius 2 is 1.78 bits per heavy atom. The van der Waals surface area contributed by atoms with Gasteiger partial charge in [0.05, 0.1) is 0 Å². The van der Waals surface area contributed by atoms with E-state index in [0.29, 0.717) is 0 Å². The van der Waals surface area contributed by atoms with Crippen molar-refractivity contribution in [2.75, 3.05) is 0 Å². The minimum atomic E-state index is 0.171. The van der Waals surface area contributed by atoms with Gasteiger partial charge in [-0.15, -0.1) is 0 Å². The second-order valence-electron chi connectivity index (χ2n) is 7.37. The molecule has 0 radical (unpaired) electrons. The number of carbonyl (C=O) groups excluding carboxylic acids is 1. The van der Waals surface area contributed by atoms with E-state index < -0.39 is 0 Å². The predicted molar refractivity (Wildman–Crippen MR) is 112 cm³/mol. The van der Waals surface area contributed by atoms with E-state index in [2.05, 4.69) is 72.2 Å². The number of aromatic nitrogens is 1. The molecule has 2 heteroatoms. The normalized spacial score (nSPS) is 15.2. The first kappa shape index (κ1) is 16.1. The van der Waals surface area contributed by atoms with Crippen LogP contribution in [0.5, 0.6) is 0 Å². The smallest absolute Gasteiger partial charge is 0.189 e. The van der Waals surface area contributed by atoms with Gasteiger partial charge in [-0.3, -0.25) is 4.79 Å². The van der Waals surface area contributed by atoms with Gasteiger partial charge in [0.25, 0.3) is 0 Å². The molecular weight excluding hydrogens is 330 g/mol. The van der Waals surface area contributed by atoms with Crippen LogP contribution in [0.15, 0.2) is 66.2 Å². The molecule has 0 saturated carbocycles. The maximum atomic E-state index is 12.8. The van der Waals surface area contributed by atoms with Gasteiger partial charge in [-0.1, -0.05) is 42.0 Å². The summed E-state index contributed by atoms with van der Waals surface area (Å²) < 4.78 is 2.35. The average Bonchev–Trinajstić information content (AvgIpc) is 3.16. The third-order valence-corrected chi connectivity index (χ3v) is 5.64. The summed E-state index contributed by atoms with van der Waals surface area (Å²) in [7, 11) is 0. The van der Waals surface area contributed by atoms with Crippen LogP contribution in [-0.2, 0) is 13.0 Å². The summed E-state index contributed by atoms with van der Waals surface area (Å²) in [6, 6.07) is 21.2. The summed E-state index contributed by atoms with van der Waals surface area (Å²) in [5.74, 6) is 0.171. The quantitative estimate of drug-likeness (QED) is 0.409. The lowest BCUT2D eigenvalue weighted by molar-refractivity contribution is 0.104. The Bertz CT molecular complexity index is 1260. The zero-order chi connectivity index (χ0) is 18.5. The Morgan fingerprint density at radius 1 is 0.963 bits per heavy atom. The minimum Gasteiger partial charge on any atom is -0.341 e. The van der Waals surface area contributed by atoms with Gasteiger partial charge in [-0.2, -0.15) is 0 Å². The number of nitrogens with zero attached hydrogens (tertiary/aromatic N) is 1. The monoisotopic (exact) mass is 351 g/mol. The second kappa shape index (κ2) is 5.95. The van der Waals surface area contributed by atoms with E-state index in [1.165, 1.54) is 21.8 Å². The Balaban J connectivity index is 1.64. The molecule has 3 aromatic carbocycles. The van der Waals surface area contributed by atoms with Crippen molar-refractivity contribution in [2.45, 2.75) is 26.8 Å².